The summed E-state index contributed by atoms with van der Waals surface area (Å²) in [5.74, 6) is 1.47. The number of nitrogens with two attached hydrogens (primary N) is 1. The molecule has 16 heavy (non-hydrogen) atoms. The number of anilines is 1. The Morgan fingerprint density at radius 3 is 3.06 bits per heavy atom. The Labute approximate surface area is 97.6 Å². The van der Waals surface area contributed by atoms with Crippen LogP contribution in [-0.2, 0) is 0 Å². The van der Waals surface area contributed by atoms with Gasteiger partial charge >= 0.3 is 0 Å². The zero-order valence-electron chi connectivity index (χ0n) is 8.46. The molecule has 1 fully saturated rings. The number of allylic oxidation sites excluding steroid dienone is 1. The van der Waals surface area contributed by atoms with Crippen LogP contribution >= 0.6 is 11.8 Å². The number of thioether (sulfide) groups is 1. The summed E-state index contributed by atoms with van der Waals surface area (Å²) in [7, 11) is 0. The fraction of sp³-hybridized carbons (Fsp3) is 0.167. The van der Waals surface area contributed by atoms with Gasteiger partial charge in [0, 0.05) is 11.8 Å². The molecule has 3 rings (SSSR count). The van der Waals surface area contributed by atoms with Gasteiger partial charge in [-0.15, -0.1) is 11.8 Å². The standard InChI is InChI=1S/C12H11NO2S/c13-8-2-1-3-9(6-8)15-10-4-5-12(14)11(7-10)16-12/h1-7,11,14H,13H2. The maximum absolute atomic E-state index is 9.73. The third-order valence-electron chi connectivity index (χ3n) is 2.56. The van der Waals surface area contributed by atoms with E-state index in [9.17, 15) is 5.11 Å². The van der Waals surface area contributed by atoms with Crippen LogP contribution in [0.3, 0.4) is 0 Å². The Bertz CT molecular complexity index is 498. The molecule has 1 saturated heterocycles. The molecular formula is C12H11NO2S. The second kappa shape index (κ2) is 3.30. The minimum Gasteiger partial charge on any atom is -0.458 e. The van der Waals surface area contributed by atoms with Crippen molar-refractivity contribution in [2.24, 2.45) is 0 Å². The van der Waals surface area contributed by atoms with Crippen LogP contribution in [0, 0.1) is 0 Å². The van der Waals surface area contributed by atoms with Crippen molar-refractivity contribution < 1.29 is 9.84 Å². The van der Waals surface area contributed by atoms with Gasteiger partial charge < -0.3 is 15.6 Å². The minimum absolute atomic E-state index is 0.133. The van der Waals surface area contributed by atoms with E-state index in [0.717, 1.165) is 5.76 Å². The molecule has 0 saturated carbocycles. The second-order valence-electron chi connectivity index (χ2n) is 3.87. The monoisotopic (exact) mass is 233 g/mol. The molecule has 2 aliphatic rings. The van der Waals surface area contributed by atoms with Crippen molar-refractivity contribution in [2.45, 2.75) is 10.2 Å². The normalized spacial score (nSPS) is 30.6. The van der Waals surface area contributed by atoms with Crippen LogP contribution in [0.1, 0.15) is 0 Å². The lowest BCUT2D eigenvalue weighted by molar-refractivity contribution is 0.225. The Kier molecular flexibility index (Phi) is 2.02. The average molecular weight is 233 g/mol. The first-order valence-electron chi connectivity index (χ1n) is 5.00. The van der Waals surface area contributed by atoms with Gasteiger partial charge in [0.1, 0.15) is 16.4 Å². The first-order chi connectivity index (χ1) is 7.66. The predicted molar refractivity (Wildman–Crippen MR) is 65.0 cm³/mol. The molecule has 3 nitrogen and oxygen atoms in total. The second-order valence-corrected chi connectivity index (χ2v) is 5.26. The summed E-state index contributed by atoms with van der Waals surface area (Å²) in [6.45, 7) is 0. The van der Waals surface area contributed by atoms with E-state index in [1.54, 1.807) is 18.2 Å². The van der Waals surface area contributed by atoms with Gasteiger partial charge in [0.2, 0.25) is 0 Å². The van der Waals surface area contributed by atoms with Crippen LogP contribution in [0.25, 0.3) is 0 Å². The minimum atomic E-state index is -0.678. The summed E-state index contributed by atoms with van der Waals surface area (Å²) in [5.41, 5.74) is 6.33. The summed E-state index contributed by atoms with van der Waals surface area (Å²) >= 11 is 1.51. The van der Waals surface area contributed by atoms with Gasteiger partial charge in [-0.2, -0.15) is 0 Å². The molecule has 0 aromatic heterocycles. The van der Waals surface area contributed by atoms with Crippen molar-refractivity contribution in [2.75, 3.05) is 5.73 Å². The molecule has 82 valence electrons. The Hall–Kier alpha value is -1.39. The van der Waals surface area contributed by atoms with E-state index in [2.05, 4.69) is 0 Å². The number of benzene rings is 1. The summed E-state index contributed by atoms with van der Waals surface area (Å²) in [6.07, 6.45) is 5.48. The van der Waals surface area contributed by atoms with Crippen molar-refractivity contribution in [3.05, 3.63) is 48.3 Å². The average Bonchev–Trinajstić information content (AvgIpc) is 2.89. The van der Waals surface area contributed by atoms with Crippen LogP contribution in [0.5, 0.6) is 5.75 Å². The van der Waals surface area contributed by atoms with Crippen LogP contribution in [0.4, 0.5) is 5.69 Å². The van der Waals surface area contributed by atoms with Crippen molar-refractivity contribution in [3.8, 4) is 5.75 Å². The highest BCUT2D eigenvalue weighted by molar-refractivity contribution is 8.08. The van der Waals surface area contributed by atoms with Gasteiger partial charge in [-0.05, 0) is 30.4 Å². The molecule has 0 amide bonds. The molecule has 0 bridgehead atoms. The van der Waals surface area contributed by atoms with Crippen molar-refractivity contribution in [3.63, 3.8) is 0 Å². The molecule has 1 aliphatic carbocycles. The first-order valence-corrected chi connectivity index (χ1v) is 5.88. The van der Waals surface area contributed by atoms with Crippen molar-refractivity contribution in [1.29, 1.82) is 0 Å². The number of hydrogen-bond acceptors (Lipinski definition) is 4. The largest absolute Gasteiger partial charge is 0.458 e. The Balaban J connectivity index is 1.77. The maximum Gasteiger partial charge on any atom is 0.145 e. The summed E-state index contributed by atoms with van der Waals surface area (Å²) < 4.78 is 5.65. The lowest BCUT2D eigenvalue weighted by Crippen LogP contribution is -2.12. The fourth-order valence-electron chi connectivity index (χ4n) is 1.65. The highest BCUT2D eigenvalue weighted by Gasteiger charge is 2.53. The van der Waals surface area contributed by atoms with E-state index in [-0.39, 0.29) is 5.25 Å². The quantitative estimate of drug-likeness (QED) is 0.605. The molecule has 1 aromatic rings. The van der Waals surface area contributed by atoms with E-state index in [4.69, 9.17) is 10.5 Å². The molecule has 0 spiro atoms. The summed E-state index contributed by atoms with van der Waals surface area (Å²) in [4.78, 5) is -0.678. The van der Waals surface area contributed by atoms with Crippen molar-refractivity contribution >= 4 is 17.4 Å². The van der Waals surface area contributed by atoms with Gasteiger partial charge in [-0.1, -0.05) is 6.07 Å². The van der Waals surface area contributed by atoms with Crippen molar-refractivity contribution in [1.82, 2.24) is 0 Å². The molecule has 1 heterocycles. The number of fused-ring (bicyclic) bond motifs is 1. The molecule has 1 aliphatic heterocycles. The highest BCUT2D eigenvalue weighted by atomic mass is 32.2. The SMILES string of the molecule is Nc1cccc(OC2=CC3SC3(O)C=C2)c1. The number of nitrogen functional groups attached to an aromatic ring is 1. The smallest absolute Gasteiger partial charge is 0.145 e. The third-order valence-corrected chi connectivity index (χ3v) is 3.83. The van der Waals surface area contributed by atoms with Crippen LogP contribution < -0.4 is 10.5 Å². The molecule has 0 radical (unpaired) electrons. The van der Waals surface area contributed by atoms with Crippen LogP contribution in [0.15, 0.2) is 48.3 Å². The zero-order chi connectivity index (χ0) is 11.2. The van der Waals surface area contributed by atoms with Crippen LogP contribution in [0.2, 0.25) is 0 Å². The van der Waals surface area contributed by atoms with E-state index in [1.165, 1.54) is 11.8 Å². The topological polar surface area (TPSA) is 55.5 Å². The van der Waals surface area contributed by atoms with Gasteiger partial charge in [0.15, 0.2) is 0 Å². The Morgan fingerprint density at radius 1 is 1.44 bits per heavy atom. The van der Waals surface area contributed by atoms with E-state index in [1.807, 2.05) is 24.3 Å². The van der Waals surface area contributed by atoms with Gasteiger partial charge in [0.25, 0.3) is 0 Å². The molecule has 1 aromatic carbocycles. The fourth-order valence-corrected chi connectivity index (χ4v) is 2.48. The third kappa shape index (κ3) is 1.70. The van der Waals surface area contributed by atoms with E-state index < -0.39 is 4.93 Å². The number of rotatable bonds is 2. The molecule has 3 N–H and O–H groups in total. The molecule has 4 heteroatoms. The summed E-state index contributed by atoms with van der Waals surface area (Å²) in [6, 6.07) is 7.29. The lowest BCUT2D eigenvalue weighted by Gasteiger charge is -2.11. The lowest BCUT2D eigenvalue weighted by atomic mass is 10.1. The van der Waals surface area contributed by atoms with Gasteiger partial charge in [-0.25, -0.2) is 0 Å². The maximum atomic E-state index is 9.73. The molecule has 2 unspecified atom stereocenters. The predicted octanol–water partition coefficient (Wildman–Crippen LogP) is 1.91. The van der Waals surface area contributed by atoms with E-state index in [0.29, 0.717) is 11.4 Å². The molecule has 2 atom stereocenters. The summed E-state index contributed by atoms with van der Waals surface area (Å²) in [5, 5.41) is 9.87. The highest BCUT2D eigenvalue weighted by Crippen LogP contribution is 2.55. The van der Waals surface area contributed by atoms with Gasteiger partial charge in [0.05, 0.1) is 5.25 Å². The number of ether oxygens (including phenoxy) is 1. The van der Waals surface area contributed by atoms with Gasteiger partial charge in [-0.3, -0.25) is 0 Å². The number of hydrogen-bond donors (Lipinski definition) is 2. The zero-order valence-corrected chi connectivity index (χ0v) is 9.28. The number of aliphatic hydroxyl groups is 1. The van der Waals surface area contributed by atoms with E-state index >= 15 is 0 Å². The van der Waals surface area contributed by atoms with Crippen LogP contribution in [-0.4, -0.2) is 15.3 Å². The first kappa shape index (κ1) is 9.81. The Morgan fingerprint density at radius 2 is 2.31 bits per heavy atom. The molecular weight excluding hydrogens is 222 g/mol.